The fourth-order valence-corrected chi connectivity index (χ4v) is 4.26. The van der Waals surface area contributed by atoms with Crippen LogP contribution in [-0.4, -0.2) is 36.0 Å². The molecule has 1 amide bonds. The van der Waals surface area contributed by atoms with Crippen LogP contribution in [0.25, 0.3) is 11.4 Å². The number of rotatable bonds is 5. The Bertz CT molecular complexity index is 1470. The number of nitrogens with zero attached hydrogens (tertiary/aromatic N) is 4. The van der Waals surface area contributed by atoms with Gasteiger partial charge in [-0.15, -0.1) is 0 Å². The van der Waals surface area contributed by atoms with Gasteiger partial charge < -0.3 is 14.4 Å². The van der Waals surface area contributed by atoms with Crippen LogP contribution in [0.5, 0.6) is 0 Å². The maximum atomic E-state index is 13.2. The van der Waals surface area contributed by atoms with E-state index in [1.54, 1.807) is 47.9 Å². The number of carbonyl (C=O) groups excluding carboxylic acids is 2. The van der Waals surface area contributed by atoms with Gasteiger partial charge in [-0.05, 0) is 48.9 Å². The minimum atomic E-state index is -0.987. The first kappa shape index (κ1) is 21.1. The van der Waals surface area contributed by atoms with Crippen LogP contribution in [0.15, 0.2) is 77.0 Å². The normalized spacial score (nSPS) is 17.6. The Morgan fingerprint density at radius 2 is 1.91 bits per heavy atom. The molecule has 1 N–H and O–H groups in total. The Morgan fingerprint density at radius 3 is 2.59 bits per heavy atom. The van der Waals surface area contributed by atoms with E-state index in [2.05, 4.69) is 4.98 Å². The van der Waals surface area contributed by atoms with Gasteiger partial charge in [-0.3, -0.25) is 24.1 Å². The van der Waals surface area contributed by atoms with E-state index in [-0.39, 0.29) is 23.6 Å². The van der Waals surface area contributed by atoms with Crippen molar-refractivity contribution in [3.63, 3.8) is 0 Å². The molecule has 1 aromatic carbocycles. The fraction of sp³-hybridized carbons (Fsp3) is 0.125. The van der Waals surface area contributed by atoms with Gasteiger partial charge in [-0.25, -0.2) is 4.98 Å². The average molecular weight is 458 g/mol. The number of furan rings is 1. The number of fused-ring (bicyclic) bond motifs is 1. The lowest BCUT2D eigenvalue weighted by Crippen LogP contribution is -2.29. The molecule has 170 valence electrons. The Kier molecular flexibility index (Phi) is 4.97. The maximum Gasteiger partial charge on any atom is 0.296 e. The van der Waals surface area contributed by atoms with E-state index in [4.69, 9.17) is 4.42 Å². The Balaban J connectivity index is 1.71. The number of nitro benzene ring substituents is 1. The fourth-order valence-electron chi connectivity index (χ4n) is 4.26. The van der Waals surface area contributed by atoms with Gasteiger partial charge in [-0.1, -0.05) is 6.07 Å². The molecule has 1 unspecified atom stereocenters. The predicted molar refractivity (Wildman–Crippen MR) is 120 cm³/mol. The Morgan fingerprint density at radius 1 is 1.15 bits per heavy atom. The monoisotopic (exact) mass is 458 g/mol. The van der Waals surface area contributed by atoms with E-state index in [9.17, 15) is 24.8 Å². The van der Waals surface area contributed by atoms with E-state index in [1.807, 2.05) is 0 Å². The number of nitro groups is 1. The first-order valence-corrected chi connectivity index (χ1v) is 10.4. The van der Waals surface area contributed by atoms with E-state index < -0.39 is 22.7 Å². The van der Waals surface area contributed by atoms with Gasteiger partial charge in [0.2, 0.25) is 0 Å². The van der Waals surface area contributed by atoms with Crippen molar-refractivity contribution in [2.24, 2.45) is 0 Å². The van der Waals surface area contributed by atoms with Crippen molar-refractivity contribution in [2.75, 3.05) is 0 Å². The molecule has 1 saturated heterocycles. The molecule has 1 aliphatic heterocycles. The average Bonchev–Trinajstić information content (AvgIpc) is 3.52. The van der Waals surface area contributed by atoms with Crippen LogP contribution >= 0.6 is 0 Å². The number of carbonyl (C=O) groups is 2. The van der Waals surface area contributed by atoms with Crippen LogP contribution in [0, 0.1) is 17.0 Å². The predicted octanol–water partition coefficient (Wildman–Crippen LogP) is 3.77. The minimum absolute atomic E-state index is 0.0257. The second-order valence-electron chi connectivity index (χ2n) is 7.83. The van der Waals surface area contributed by atoms with Crippen molar-refractivity contribution in [1.29, 1.82) is 0 Å². The van der Waals surface area contributed by atoms with Gasteiger partial charge in [0.05, 0.1) is 35.0 Å². The van der Waals surface area contributed by atoms with E-state index in [1.165, 1.54) is 35.4 Å². The van der Waals surface area contributed by atoms with Crippen molar-refractivity contribution in [2.45, 2.75) is 19.5 Å². The lowest BCUT2D eigenvalue weighted by molar-refractivity contribution is -0.384. The molecule has 1 fully saturated rings. The van der Waals surface area contributed by atoms with Crippen LogP contribution < -0.4 is 0 Å². The maximum absolute atomic E-state index is 13.2. The van der Waals surface area contributed by atoms with Gasteiger partial charge in [0, 0.05) is 18.3 Å². The number of aryl methyl sites for hydroxylation is 1. The summed E-state index contributed by atoms with van der Waals surface area (Å²) in [5, 5.41) is 22.5. The number of aliphatic hydroxyl groups is 1. The van der Waals surface area contributed by atoms with Crippen LogP contribution in [-0.2, 0) is 16.1 Å². The molecular weight excluding hydrogens is 440 g/mol. The number of amides is 1. The van der Waals surface area contributed by atoms with Gasteiger partial charge in [-0.2, -0.15) is 0 Å². The number of hydrogen-bond donors (Lipinski definition) is 1. The number of ketones is 1. The highest BCUT2D eigenvalue weighted by atomic mass is 16.6. The number of non-ortho nitro benzene ring substituents is 1. The summed E-state index contributed by atoms with van der Waals surface area (Å²) in [4.78, 5) is 42.6. The topological polar surface area (TPSA) is 131 Å². The van der Waals surface area contributed by atoms with Crippen molar-refractivity contribution >= 4 is 28.8 Å². The number of aliphatic hydroxyl groups excluding tert-OH is 1. The van der Waals surface area contributed by atoms with Gasteiger partial charge >= 0.3 is 0 Å². The Hall–Kier alpha value is -4.73. The molecular formula is C24H18N4O6. The number of imidazole rings is 1. The van der Waals surface area contributed by atoms with Crippen molar-refractivity contribution in [3.8, 4) is 0 Å². The third-order valence-electron chi connectivity index (χ3n) is 5.79. The number of aromatic nitrogens is 2. The molecule has 4 aromatic rings. The molecule has 34 heavy (non-hydrogen) atoms. The molecule has 0 saturated carbocycles. The SMILES string of the molecule is Cc1nc2ccccn2c1/C(O)=C1\C(=O)C(=O)N(Cc2ccco2)C1c1ccc([N+](=O)[O-])cc1. The summed E-state index contributed by atoms with van der Waals surface area (Å²) in [5.41, 5.74) is 1.51. The quantitative estimate of drug-likeness (QED) is 0.158. The van der Waals surface area contributed by atoms with Gasteiger partial charge in [0.1, 0.15) is 17.1 Å². The second kappa shape index (κ2) is 8.00. The van der Waals surface area contributed by atoms with Crippen LogP contribution in [0.3, 0.4) is 0 Å². The standard InChI is InChI=1S/C24H18N4O6/c1-14-20(26-11-3-2-6-18(26)25-14)22(29)19-21(15-7-9-16(10-8-15)28(32)33)27(24(31)23(19)30)13-17-5-4-12-34-17/h2-12,21,29H,13H2,1H3/b22-19+. The minimum Gasteiger partial charge on any atom is -0.505 e. The molecule has 1 atom stereocenters. The molecule has 5 rings (SSSR count). The first-order valence-electron chi connectivity index (χ1n) is 10.4. The third kappa shape index (κ3) is 3.32. The number of hydrogen-bond acceptors (Lipinski definition) is 7. The summed E-state index contributed by atoms with van der Waals surface area (Å²) in [6.45, 7) is 1.67. The van der Waals surface area contributed by atoms with Crippen LogP contribution in [0.2, 0.25) is 0 Å². The highest BCUT2D eigenvalue weighted by molar-refractivity contribution is 6.46. The van der Waals surface area contributed by atoms with Gasteiger partial charge in [0.15, 0.2) is 5.76 Å². The Labute approximate surface area is 192 Å². The smallest absolute Gasteiger partial charge is 0.296 e. The number of pyridine rings is 1. The summed E-state index contributed by atoms with van der Waals surface area (Å²) in [6, 6.07) is 13.2. The van der Waals surface area contributed by atoms with E-state index in [0.29, 0.717) is 28.4 Å². The summed E-state index contributed by atoms with van der Waals surface area (Å²) in [7, 11) is 0. The van der Waals surface area contributed by atoms with Crippen molar-refractivity contribution in [3.05, 3.63) is 105 Å². The summed E-state index contributed by atoms with van der Waals surface area (Å²) in [5.74, 6) is -1.61. The molecule has 3 aromatic heterocycles. The third-order valence-corrected chi connectivity index (χ3v) is 5.79. The molecule has 1 aliphatic rings. The number of Topliss-reactive ketones (excluding diaryl/α,β-unsaturated/α-hetero) is 1. The lowest BCUT2D eigenvalue weighted by atomic mass is 9.96. The van der Waals surface area contributed by atoms with Crippen molar-refractivity contribution in [1.82, 2.24) is 14.3 Å². The molecule has 0 aliphatic carbocycles. The molecule has 4 heterocycles. The largest absolute Gasteiger partial charge is 0.505 e. The summed E-state index contributed by atoms with van der Waals surface area (Å²) < 4.78 is 7.01. The van der Waals surface area contributed by atoms with Crippen LogP contribution in [0.1, 0.15) is 28.8 Å². The van der Waals surface area contributed by atoms with E-state index in [0.717, 1.165) is 0 Å². The number of benzene rings is 1. The summed E-state index contributed by atoms with van der Waals surface area (Å²) in [6.07, 6.45) is 3.15. The molecule has 0 bridgehead atoms. The lowest BCUT2D eigenvalue weighted by Gasteiger charge is -2.24. The molecule has 0 spiro atoms. The molecule has 10 nitrogen and oxygen atoms in total. The zero-order valence-electron chi connectivity index (χ0n) is 17.9. The van der Waals surface area contributed by atoms with Crippen molar-refractivity contribution < 1.29 is 24.0 Å². The second-order valence-corrected chi connectivity index (χ2v) is 7.83. The number of likely N-dealkylation sites (tertiary alicyclic amines) is 1. The zero-order chi connectivity index (χ0) is 24.0. The molecule has 0 radical (unpaired) electrons. The summed E-state index contributed by atoms with van der Waals surface area (Å²) >= 11 is 0. The highest BCUT2D eigenvalue weighted by Crippen LogP contribution is 2.41. The van der Waals surface area contributed by atoms with Gasteiger partial charge in [0.25, 0.3) is 17.4 Å². The van der Waals surface area contributed by atoms with E-state index >= 15 is 0 Å². The van der Waals surface area contributed by atoms with Crippen LogP contribution in [0.4, 0.5) is 5.69 Å². The zero-order valence-corrected chi connectivity index (χ0v) is 17.9. The highest BCUT2D eigenvalue weighted by Gasteiger charge is 2.47. The molecule has 10 heteroatoms. The first-order chi connectivity index (χ1) is 16.4.